The molecule has 2 aliphatic heterocycles. The zero-order valence-corrected chi connectivity index (χ0v) is 16.5. The minimum Gasteiger partial charge on any atom is -0.355 e. The third-order valence-electron chi connectivity index (χ3n) is 5.73. The van der Waals surface area contributed by atoms with Crippen molar-refractivity contribution in [3.8, 4) is 5.82 Å². The van der Waals surface area contributed by atoms with E-state index in [2.05, 4.69) is 36.6 Å². The van der Waals surface area contributed by atoms with Crippen LogP contribution in [0.3, 0.4) is 0 Å². The molecular weight excluding hydrogens is 354 g/mol. The van der Waals surface area contributed by atoms with Crippen LogP contribution in [0.1, 0.15) is 30.7 Å². The van der Waals surface area contributed by atoms with Crippen molar-refractivity contribution in [2.24, 2.45) is 10.4 Å². The highest BCUT2D eigenvalue weighted by atomic mass is 16.1. The third kappa shape index (κ3) is 3.58. The lowest BCUT2D eigenvalue weighted by molar-refractivity contribution is -0.119. The molecule has 2 aromatic rings. The Kier molecular flexibility index (Phi) is 5.02. The lowest BCUT2D eigenvalue weighted by atomic mass is 9.79. The van der Waals surface area contributed by atoms with Gasteiger partial charge < -0.3 is 15.5 Å². The van der Waals surface area contributed by atoms with Crippen LogP contribution in [0.2, 0.25) is 0 Å². The van der Waals surface area contributed by atoms with E-state index in [-0.39, 0.29) is 11.3 Å². The van der Waals surface area contributed by atoms with Gasteiger partial charge in [0.25, 0.3) is 0 Å². The second-order valence-corrected chi connectivity index (χ2v) is 7.71. The summed E-state index contributed by atoms with van der Waals surface area (Å²) < 4.78 is 1.99. The maximum Gasteiger partial charge on any atom is 0.220 e. The molecule has 1 spiro atoms. The molecule has 2 N–H and O–H groups in total. The molecule has 4 rings (SSSR count). The van der Waals surface area contributed by atoms with Gasteiger partial charge in [0.05, 0.1) is 0 Å². The highest BCUT2D eigenvalue weighted by Crippen LogP contribution is 2.36. The van der Waals surface area contributed by atoms with Crippen LogP contribution in [0.4, 0.5) is 0 Å². The number of nitrogens with one attached hydrogen (secondary N) is 2. The van der Waals surface area contributed by atoms with Crippen molar-refractivity contribution in [1.29, 1.82) is 0 Å². The van der Waals surface area contributed by atoms with Crippen molar-refractivity contribution in [1.82, 2.24) is 30.1 Å². The third-order valence-corrected chi connectivity index (χ3v) is 5.73. The molecule has 0 radical (unpaired) electrons. The number of imidazole rings is 1. The molecule has 0 bridgehead atoms. The topological polar surface area (TPSA) is 87.4 Å². The van der Waals surface area contributed by atoms with Crippen LogP contribution >= 0.6 is 0 Å². The SMILES string of the molecule is CN=C(NCc1cccnc1-n1ccnc1C)N1CCCC2(CNC(=O)C2)C1. The molecule has 148 valence electrons. The van der Waals surface area contributed by atoms with Crippen LogP contribution in [-0.2, 0) is 11.3 Å². The molecule has 1 atom stereocenters. The highest BCUT2D eigenvalue weighted by Gasteiger charge is 2.42. The molecule has 28 heavy (non-hydrogen) atoms. The van der Waals surface area contributed by atoms with Gasteiger partial charge in [0.2, 0.25) is 5.91 Å². The number of pyridine rings is 1. The monoisotopic (exact) mass is 381 g/mol. The number of carbonyl (C=O) groups excluding carboxylic acids is 1. The summed E-state index contributed by atoms with van der Waals surface area (Å²) in [4.78, 5) is 27.4. The van der Waals surface area contributed by atoms with E-state index in [1.165, 1.54) is 0 Å². The maximum atomic E-state index is 11.8. The summed E-state index contributed by atoms with van der Waals surface area (Å²) in [5.74, 6) is 2.82. The van der Waals surface area contributed by atoms with Crippen molar-refractivity contribution in [3.63, 3.8) is 0 Å². The van der Waals surface area contributed by atoms with E-state index in [1.807, 2.05) is 30.8 Å². The first kappa shape index (κ1) is 18.5. The Hall–Kier alpha value is -2.90. The quantitative estimate of drug-likeness (QED) is 0.617. The van der Waals surface area contributed by atoms with E-state index in [0.29, 0.717) is 13.0 Å². The summed E-state index contributed by atoms with van der Waals surface area (Å²) in [7, 11) is 1.81. The number of aryl methyl sites for hydroxylation is 1. The smallest absolute Gasteiger partial charge is 0.220 e. The fourth-order valence-corrected chi connectivity index (χ4v) is 4.32. The molecule has 0 aliphatic carbocycles. The number of rotatable bonds is 3. The molecule has 1 unspecified atom stereocenters. The predicted molar refractivity (Wildman–Crippen MR) is 107 cm³/mol. The number of guanidine groups is 1. The average Bonchev–Trinajstić information content (AvgIpc) is 3.28. The van der Waals surface area contributed by atoms with Crippen molar-refractivity contribution in [2.75, 3.05) is 26.7 Å². The fraction of sp³-hybridized carbons (Fsp3) is 0.500. The van der Waals surface area contributed by atoms with E-state index in [9.17, 15) is 4.79 Å². The Labute approximate surface area is 165 Å². The number of aromatic nitrogens is 3. The van der Waals surface area contributed by atoms with Crippen LogP contribution < -0.4 is 10.6 Å². The molecular formula is C20H27N7O. The van der Waals surface area contributed by atoms with Gasteiger partial charge in [-0.2, -0.15) is 0 Å². The van der Waals surface area contributed by atoms with E-state index in [1.54, 1.807) is 12.4 Å². The minimum atomic E-state index is 0.0420. The lowest BCUT2D eigenvalue weighted by Crippen LogP contribution is -2.51. The van der Waals surface area contributed by atoms with Crippen LogP contribution in [-0.4, -0.2) is 58.0 Å². The predicted octanol–water partition coefficient (Wildman–Crippen LogP) is 1.25. The van der Waals surface area contributed by atoms with Gasteiger partial charge in [-0.15, -0.1) is 0 Å². The van der Waals surface area contributed by atoms with E-state index in [0.717, 1.165) is 55.6 Å². The van der Waals surface area contributed by atoms with Gasteiger partial charge in [0, 0.05) is 69.2 Å². The molecule has 0 saturated carbocycles. The summed E-state index contributed by atoms with van der Waals surface area (Å²) >= 11 is 0. The Bertz CT molecular complexity index is 890. The number of aliphatic imine (C=N–C) groups is 1. The first-order valence-electron chi connectivity index (χ1n) is 9.77. The molecule has 8 heteroatoms. The second-order valence-electron chi connectivity index (χ2n) is 7.71. The number of piperidine rings is 1. The van der Waals surface area contributed by atoms with Crippen molar-refractivity contribution in [3.05, 3.63) is 42.1 Å². The van der Waals surface area contributed by atoms with Crippen molar-refractivity contribution in [2.45, 2.75) is 32.7 Å². The largest absolute Gasteiger partial charge is 0.355 e. The van der Waals surface area contributed by atoms with Crippen molar-refractivity contribution < 1.29 is 4.79 Å². The Morgan fingerprint density at radius 1 is 1.39 bits per heavy atom. The van der Waals surface area contributed by atoms with Gasteiger partial charge >= 0.3 is 0 Å². The average molecular weight is 381 g/mol. The Morgan fingerprint density at radius 2 is 2.29 bits per heavy atom. The Balaban J connectivity index is 1.47. The summed E-state index contributed by atoms with van der Waals surface area (Å²) in [6, 6.07) is 4.01. The minimum absolute atomic E-state index is 0.0420. The van der Waals surface area contributed by atoms with Crippen LogP contribution in [0.25, 0.3) is 5.82 Å². The van der Waals surface area contributed by atoms with Crippen LogP contribution in [0.15, 0.2) is 35.7 Å². The zero-order chi connectivity index (χ0) is 19.6. The van der Waals surface area contributed by atoms with E-state index < -0.39 is 0 Å². The van der Waals surface area contributed by atoms with Gasteiger partial charge in [-0.25, -0.2) is 9.97 Å². The van der Waals surface area contributed by atoms with Crippen LogP contribution in [0.5, 0.6) is 0 Å². The summed E-state index contributed by atoms with van der Waals surface area (Å²) in [5.41, 5.74) is 1.12. The molecule has 2 fully saturated rings. The number of nitrogens with zero attached hydrogens (tertiary/aromatic N) is 5. The fourth-order valence-electron chi connectivity index (χ4n) is 4.32. The second kappa shape index (κ2) is 7.61. The number of carbonyl (C=O) groups is 1. The lowest BCUT2D eigenvalue weighted by Gasteiger charge is -2.40. The Morgan fingerprint density at radius 3 is 3.00 bits per heavy atom. The molecule has 1 amide bonds. The van der Waals surface area contributed by atoms with E-state index in [4.69, 9.17) is 0 Å². The molecule has 2 aliphatic rings. The highest BCUT2D eigenvalue weighted by molar-refractivity contribution is 5.81. The standard InChI is InChI=1S/C20H27N7O/c1-15-22-8-10-27(15)18-16(5-3-7-23-18)12-24-19(21-2)26-9-4-6-20(14-26)11-17(28)25-13-20/h3,5,7-8,10H,4,6,9,11-14H2,1-2H3,(H,21,24)(H,25,28). The molecule has 4 heterocycles. The van der Waals surface area contributed by atoms with Crippen LogP contribution in [0, 0.1) is 12.3 Å². The summed E-state index contributed by atoms with van der Waals surface area (Å²) in [5, 5.41) is 6.49. The summed E-state index contributed by atoms with van der Waals surface area (Å²) in [6.45, 7) is 5.16. The number of hydrogen-bond donors (Lipinski definition) is 2. The normalized spacial score (nSPS) is 22.6. The zero-order valence-electron chi connectivity index (χ0n) is 16.5. The van der Waals surface area contributed by atoms with Gasteiger partial charge in [-0.3, -0.25) is 14.4 Å². The summed E-state index contributed by atoms with van der Waals surface area (Å²) in [6.07, 6.45) is 8.28. The number of amides is 1. The molecule has 2 aromatic heterocycles. The molecule has 8 nitrogen and oxygen atoms in total. The van der Waals surface area contributed by atoms with E-state index >= 15 is 0 Å². The molecule has 2 saturated heterocycles. The van der Waals surface area contributed by atoms with Gasteiger partial charge in [-0.05, 0) is 25.8 Å². The van der Waals surface area contributed by atoms with Gasteiger partial charge in [-0.1, -0.05) is 6.07 Å². The van der Waals surface area contributed by atoms with Gasteiger partial charge in [0.15, 0.2) is 5.96 Å². The maximum absolute atomic E-state index is 11.8. The van der Waals surface area contributed by atoms with Crippen molar-refractivity contribution >= 4 is 11.9 Å². The van der Waals surface area contributed by atoms with Gasteiger partial charge in [0.1, 0.15) is 11.6 Å². The first-order chi connectivity index (χ1) is 13.6. The molecule has 0 aromatic carbocycles. The number of hydrogen-bond acceptors (Lipinski definition) is 4. The first-order valence-corrected chi connectivity index (χ1v) is 9.77. The number of likely N-dealkylation sites (tertiary alicyclic amines) is 1.